The van der Waals surface area contributed by atoms with Crippen LogP contribution in [-0.2, 0) is 9.53 Å². The molecule has 1 aromatic heterocycles. The zero-order valence-corrected chi connectivity index (χ0v) is 28.7. The number of ether oxygens (including phenoxy) is 1. The van der Waals surface area contributed by atoms with Gasteiger partial charge in [-0.05, 0) is 58.4 Å². The molecule has 0 radical (unpaired) electrons. The standard InChI is InChI=1S/C35H53N7O3/c1-10-30-13-12-27(29(20-36)21-37-8)18-24(3)42(30,9)32(11-2)25(4)33(43)40-31-19-28(22-39-26(31)5)34(44)38-14-15-41-16-17-45-23-35(41,6)7/h12-13,18-22,24,30H,10-11,14-17,23H2,1-9H3,(H3-,36,37,38,40,43,44)/p+1/b32-25+. The summed E-state index contributed by atoms with van der Waals surface area (Å²) >= 11 is 0. The second-order valence-corrected chi connectivity index (χ2v) is 12.7. The average Bonchev–Trinajstić information content (AvgIpc) is 3.13. The van der Waals surface area contributed by atoms with Gasteiger partial charge in [-0.1, -0.05) is 19.9 Å². The number of aliphatic imine (C=N–C) groups is 1. The van der Waals surface area contributed by atoms with Crippen LogP contribution in [0.3, 0.4) is 0 Å². The number of quaternary nitrogens is 1. The first-order valence-corrected chi connectivity index (χ1v) is 16.0. The van der Waals surface area contributed by atoms with Gasteiger partial charge in [0.1, 0.15) is 17.8 Å². The molecule has 1 fully saturated rings. The lowest BCUT2D eigenvalue weighted by Gasteiger charge is -2.45. The SMILES string of the molecule is CC/C(=C(/C)C(=O)Nc1cc(C(=O)NCCN2CCOCC2(C)C)cnc1C)[N+]1(C)C(C)C=C(/C(C=NC)=C/N)C=CC1CC. The molecule has 3 atom stereocenters. The molecule has 3 heterocycles. The molecule has 2 aliphatic heterocycles. The molecule has 10 heteroatoms. The van der Waals surface area contributed by atoms with E-state index in [0.29, 0.717) is 53.2 Å². The van der Waals surface area contributed by atoms with Crippen LogP contribution in [0.15, 0.2) is 64.1 Å². The summed E-state index contributed by atoms with van der Waals surface area (Å²) in [6, 6.07) is 1.90. The number of rotatable bonds is 11. The maximum atomic E-state index is 13.8. The van der Waals surface area contributed by atoms with E-state index in [1.54, 1.807) is 31.7 Å². The molecular formula is C35H54N7O3+. The lowest BCUT2D eigenvalue weighted by Crippen LogP contribution is -2.55. The first-order chi connectivity index (χ1) is 21.3. The smallest absolute Gasteiger partial charge is 0.256 e. The minimum absolute atomic E-state index is 0.0521. The second-order valence-electron chi connectivity index (χ2n) is 12.7. The largest absolute Gasteiger partial charge is 0.404 e. The summed E-state index contributed by atoms with van der Waals surface area (Å²) < 4.78 is 6.16. The van der Waals surface area contributed by atoms with Gasteiger partial charge in [0.05, 0.1) is 42.8 Å². The van der Waals surface area contributed by atoms with E-state index in [1.807, 2.05) is 13.8 Å². The molecule has 3 rings (SSSR count). The van der Waals surface area contributed by atoms with Gasteiger partial charge in [-0.15, -0.1) is 0 Å². The Bertz CT molecular complexity index is 1390. The molecule has 0 saturated carbocycles. The highest BCUT2D eigenvalue weighted by Crippen LogP contribution is 2.35. The summed E-state index contributed by atoms with van der Waals surface area (Å²) in [5.41, 5.74) is 11.0. The predicted molar refractivity (Wildman–Crippen MR) is 183 cm³/mol. The van der Waals surface area contributed by atoms with E-state index >= 15 is 0 Å². The van der Waals surface area contributed by atoms with Gasteiger partial charge in [0.25, 0.3) is 11.8 Å². The number of carbonyl (C=O) groups excluding carboxylic acids is 2. The summed E-state index contributed by atoms with van der Waals surface area (Å²) in [5, 5.41) is 6.07. The second kappa shape index (κ2) is 15.6. The number of morpholine rings is 1. The quantitative estimate of drug-likeness (QED) is 0.190. The molecule has 0 aliphatic carbocycles. The van der Waals surface area contributed by atoms with Crippen LogP contribution in [0.5, 0.6) is 0 Å². The fourth-order valence-electron chi connectivity index (χ4n) is 6.48. The molecule has 1 aromatic rings. The number of hydrogen-bond donors (Lipinski definition) is 3. The number of hydrogen-bond acceptors (Lipinski definition) is 7. The Morgan fingerprint density at radius 1 is 1.31 bits per heavy atom. The average molecular weight is 621 g/mol. The molecule has 2 aliphatic rings. The van der Waals surface area contributed by atoms with Crippen molar-refractivity contribution in [3.8, 4) is 0 Å². The van der Waals surface area contributed by atoms with E-state index in [4.69, 9.17) is 10.5 Å². The van der Waals surface area contributed by atoms with Crippen molar-refractivity contribution >= 4 is 23.7 Å². The summed E-state index contributed by atoms with van der Waals surface area (Å²) in [6.07, 6.45) is 13.0. The number of nitrogens with zero attached hydrogens (tertiary/aromatic N) is 4. The van der Waals surface area contributed by atoms with E-state index in [1.165, 1.54) is 0 Å². The highest BCUT2D eigenvalue weighted by molar-refractivity contribution is 6.04. The van der Waals surface area contributed by atoms with Crippen molar-refractivity contribution in [3.63, 3.8) is 0 Å². The van der Waals surface area contributed by atoms with Crippen molar-refractivity contribution in [3.05, 3.63) is 70.4 Å². The number of nitrogens with one attached hydrogen (secondary N) is 2. The number of pyridine rings is 1. The summed E-state index contributed by atoms with van der Waals surface area (Å²) in [6.45, 7) is 17.9. The molecule has 3 unspecified atom stereocenters. The van der Waals surface area contributed by atoms with Gasteiger partial charge in [0.15, 0.2) is 0 Å². The normalized spacial score (nSPS) is 24.6. The third kappa shape index (κ3) is 8.17. The molecule has 246 valence electrons. The van der Waals surface area contributed by atoms with Crippen molar-refractivity contribution in [1.29, 1.82) is 0 Å². The van der Waals surface area contributed by atoms with E-state index in [2.05, 4.69) is 85.4 Å². The molecule has 10 nitrogen and oxygen atoms in total. The summed E-state index contributed by atoms with van der Waals surface area (Å²) in [7, 11) is 3.93. The Morgan fingerprint density at radius 3 is 2.67 bits per heavy atom. The number of amides is 2. The van der Waals surface area contributed by atoms with E-state index in [0.717, 1.165) is 36.4 Å². The molecular weight excluding hydrogens is 566 g/mol. The van der Waals surface area contributed by atoms with Crippen LogP contribution < -0.4 is 16.4 Å². The lowest BCUT2D eigenvalue weighted by atomic mass is 9.99. The van der Waals surface area contributed by atoms with Gasteiger partial charge in [0.2, 0.25) is 0 Å². The van der Waals surface area contributed by atoms with Crippen LogP contribution >= 0.6 is 0 Å². The van der Waals surface area contributed by atoms with Crippen molar-refractivity contribution in [2.75, 3.05) is 52.3 Å². The van der Waals surface area contributed by atoms with Gasteiger partial charge in [-0.25, -0.2) is 0 Å². The lowest BCUT2D eigenvalue weighted by molar-refractivity contribution is -0.908. The molecule has 45 heavy (non-hydrogen) atoms. The molecule has 0 bridgehead atoms. The minimum Gasteiger partial charge on any atom is -0.404 e. The maximum absolute atomic E-state index is 13.8. The summed E-state index contributed by atoms with van der Waals surface area (Å²) in [4.78, 5) is 37.8. The number of aromatic nitrogens is 1. The van der Waals surface area contributed by atoms with Gasteiger partial charge < -0.3 is 21.1 Å². The van der Waals surface area contributed by atoms with E-state index < -0.39 is 0 Å². The Labute approximate surface area is 269 Å². The van der Waals surface area contributed by atoms with Crippen molar-refractivity contribution in [1.82, 2.24) is 15.2 Å². The van der Waals surface area contributed by atoms with Crippen LogP contribution in [0.1, 0.15) is 70.4 Å². The number of carbonyl (C=O) groups is 2. The zero-order valence-electron chi connectivity index (χ0n) is 28.7. The molecule has 0 aromatic carbocycles. The number of aryl methyl sites for hydroxylation is 1. The third-order valence-corrected chi connectivity index (χ3v) is 9.42. The third-order valence-electron chi connectivity index (χ3n) is 9.42. The van der Waals surface area contributed by atoms with Crippen LogP contribution in [0.25, 0.3) is 0 Å². The Balaban J connectivity index is 1.83. The van der Waals surface area contributed by atoms with E-state index in [-0.39, 0.29) is 29.4 Å². The Kier molecular flexibility index (Phi) is 12.4. The molecule has 0 spiro atoms. The van der Waals surface area contributed by atoms with Crippen LogP contribution in [0.4, 0.5) is 5.69 Å². The highest BCUT2D eigenvalue weighted by Gasteiger charge is 2.41. The fourth-order valence-corrected chi connectivity index (χ4v) is 6.48. The maximum Gasteiger partial charge on any atom is 0.256 e. The van der Waals surface area contributed by atoms with Gasteiger partial charge >= 0.3 is 0 Å². The first-order valence-electron chi connectivity index (χ1n) is 16.0. The highest BCUT2D eigenvalue weighted by atomic mass is 16.5. The van der Waals surface area contributed by atoms with Crippen molar-refractivity contribution in [2.24, 2.45) is 10.7 Å². The van der Waals surface area contributed by atoms with Crippen molar-refractivity contribution < 1.29 is 18.8 Å². The first kappa shape index (κ1) is 35.9. The Hall–Kier alpha value is -3.60. The Morgan fingerprint density at radius 2 is 2.04 bits per heavy atom. The number of likely N-dealkylation sites (N-methyl/N-ethyl adjacent to an activating group) is 1. The van der Waals surface area contributed by atoms with Crippen molar-refractivity contribution in [2.45, 2.75) is 78.9 Å². The van der Waals surface area contributed by atoms with Crippen LogP contribution in [-0.4, -0.2) is 97.0 Å². The predicted octanol–water partition coefficient (Wildman–Crippen LogP) is 4.51. The minimum atomic E-state index is -0.221. The van der Waals surface area contributed by atoms with E-state index in [9.17, 15) is 9.59 Å². The fraction of sp³-hybridized carbons (Fsp3) is 0.543. The van der Waals surface area contributed by atoms with Crippen LogP contribution in [0.2, 0.25) is 0 Å². The monoisotopic (exact) mass is 620 g/mol. The zero-order chi connectivity index (χ0) is 33.4. The van der Waals surface area contributed by atoms with Crippen LogP contribution in [0, 0.1) is 6.92 Å². The van der Waals surface area contributed by atoms with Gasteiger partial charge in [0, 0.05) is 69.2 Å². The topological polar surface area (TPSA) is 122 Å². The number of anilines is 1. The summed E-state index contributed by atoms with van der Waals surface area (Å²) in [5.74, 6) is -0.426. The number of nitrogens with two attached hydrogens (primary N) is 1. The van der Waals surface area contributed by atoms with Gasteiger partial charge in [-0.2, -0.15) is 0 Å². The molecule has 4 N–H and O–H groups in total. The molecule has 1 saturated heterocycles. The molecule has 2 amide bonds. The van der Waals surface area contributed by atoms with Gasteiger partial charge in [-0.3, -0.25) is 28.9 Å². The number of allylic oxidation sites excluding steroid dienone is 4.